The van der Waals surface area contributed by atoms with Crippen molar-refractivity contribution in [2.75, 3.05) is 7.11 Å². The average molecular weight is 290 g/mol. The average Bonchev–Trinajstić information content (AvgIpc) is 2.38. The Morgan fingerprint density at radius 2 is 2.21 bits per heavy atom. The van der Waals surface area contributed by atoms with E-state index in [4.69, 9.17) is 16.9 Å². The quantitative estimate of drug-likeness (QED) is 0.617. The van der Waals surface area contributed by atoms with Crippen LogP contribution in [-0.2, 0) is 21.8 Å². The number of hydrogen-bond acceptors (Lipinski definition) is 4. The Kier molecular flexibility index (Phi) is 5.52. The molecule has 0 bridgehead atoms. The highest BCUT2D eigenvalue weighted by Crippen LogP contribution is 2.28. The van der Waals surface area contributed by atoms with Crippen LogP contribution in [0.15, 0.2) is 12.1 Å². The maximum Gasteiger partial charge on any atom is 0.387 e. The fraction of sp³-hybridized carbons (Fsp3) is 0.333. The van der Waals surface area contributed by atoms with Crippen LogP contribution in [-0.4, -0.2) is 19.7 Å². The normalized spacial score (nSPS) is 10.1. The minimum absolute atomic E-state index is 0.0950. The molecular formula is C12H10ClF2NO3. The minimum Gasteiger partial charge on any atom is -0.469 e. The second-order valence-electron chi connectivity index (χ2n) is 3.45. The van der Waals surface area contributed by atoms with Crippen LogP contribution in [0.25, 0.3) is 0 Å². The zero-order valence-corrected chi connectivity index (χ0v) is 10.7. The summed E-state index contributed by atoms with van der Waals surface area (Å²) in [5.41, 5.74) is 0.629. The summed E-state index contributed by atoms with van der Waals surface area (Å²) in [6.07, 6.45) is -0.0950. The molecular weight excluding hydrogens is 280 g/mol. The van der Waals surface area contributed by atoms with Gasteiger partial charge in [0.1, 0.15) is 11.8 Å². The van der Waals surface area contributed by atoms with Gasteiger partial charge in [-0.3, -0.25) is 4.79 Å². The summed E-state index contributed by atoms with van der Waals surface area (Å²) >= 11 is 5.70. The summed E-state index contributed by atoms with van der Waals surface area (Å²) in [4.78, 5) is 11.2. The lowest BCUT2D eigenvalue weighted by Gasteiger charge is -2.12. The fourth-order valence-corrected chi connectivity index (χ4v) is 1.84. The van der Waals surface area contributed by atoms with Crippen molar-refractivity contribution in [2.24, 2.45) is 0 Å². The van der Waals surface area contributed by atoms with Crippen molar-refractivity contribution in [3.63, 3.8) is 0 Å². The van der Waals surface area contributed by atoms with E-state index in [0.29, 0.717) is 5.56 Å². The Morgan fingerprint density at radius 1 is 1.53 bits per heavy atom. The topological polar surface area (TPSA) is 59.3 Å². The number of esters is 1. The number of nitrogens with zero attached hydrogens (tertiary/aromatic N) is 1. The predicted octanol–water partition coefficient (Wildman–Crippen LogP) is 2.61. The molecule has 0 spiro atoms. The summed E-state index contributed by atoms with van der Waals surface area (Å²) in [5.74, 6) is -0.880. The molecule has 0 radical (unpaired) electrons. The van der Waals surface area contributed by atoms with E-state index in [2.05, 4.69) is 9.47 Å². The molecule has 0 unspecified atom stereocenters. The van der Waals surface area contributed by atoms with E-state index in [1.807, 2.05) is 0 Å². The third-order valence-corrected chi connectivity index (χ3v) is 2.66. The van der Waals surface area contributed by atoms with E-state index in [9.17, 15) is 13.6 Å². The molecule has 0 saturated heterocycles. The Hall–Kier alpha value is -1.87. The van der Waals surface area contributed by atoms with Crippen molar-refractivity contribution in [1.82, 2.24) is 0 Å². The van der Waals surface area contributed by atoms with E-state index in [1.165, 1.54) is 19.2 Å². The van der Waals surface area contributed by atoms with Crippen molar-refractivity contribution in [3.8, 4) is 11.8 Å². The minimum atomic E-state index is -3.04. The first-order valence-corrected chi connectivity index (χ1v) is 5.69. The number of benzene rings is 1. The van der Waals surface area contributed by atoms with Crippen LogP contribution >= 0.6 is 11.6 Å². The van der Waals surface area contributed by atoms with E-state index in [1.54, 1.807) is 6.07 Å². The number of carbonyl (C=O) groups excluding carboxylic acids is 1. The summed E-state index contributed by atoms with van der Waals surface area (Å²) in [6.45, 7) is -3.04. The van der Waals surface area contributed by atoms with Gasteiger partial charge in [-0.05, 0) is 17.2 Å². The molecule has 4 nitrogen and oxygen atoms in total. The zero-order valence-electron chi connectivity index (χ0n) is 9.95. The molecule has 0 fully saturated rings. The maximum absolute atomic E-state index is 12.2. The van der Waals surface area contributed by atoms with Gasteiger partial charge in [-0.1, -0.05) is 6.07 Å². The van der Waals surface area contributed by atoms with Crippen molar-refractivity contribution in [3.05, 3.63) is 28.8 Å². The van der Waals surface area contributed by atoms with Crippen LogP contribution in [0.2, 0.25) is 0 Å². The van der Waals surface area contributed by atoms with Crippen LogP contribution in [0, 0.1) is 11.3 Å². The molecule has 19 heavy (non-hydrogen) atoms. The molecule has 0 atom stereocenters. The number of nitriles is 1. The second kappa shape index (κ2) is 6.90. The molecule has 0 amide bonds. The molecule has 0 heterocycles. The van der Waals surface area contributed by atoms with Crippen LogP contribution in [0.5, 0.6) is 5.75 Å². The van der Waals surface area contributed by atoms with Crippen molar-refractivity contribution >= 4 is 17.6 Å². The summed E-state index contributed by atoms with van der Waals surface area (Å²) in [6, 6.07) is 4.37. The van der Waals surface area contributed by atoms with Gasteiger partial charge < -0.3 is 9.47 Å². The largest absolute Gasteiger partial charge is 0.469 e. The molecule has 0 aromatic heterocycles. The van der Waals surface area contributed by atoms with Gasteiger partial charge >= 0.3 is 12.6 Å². The number of hydrogen-bond donors (Lipinski definition) is 0. The van der Waals surface area contributed by atoms with Gasteiger partial charge in [-0.25, -0.2) is 0 Å². The lowest BCUT2D eigenvalue weighted by molar-refractivity contribution is -0.139. The summed E-state index contributed by atoms with van der Waals surface area (Å²) < 4.78 is 33.1. The van der Waals surface area contributed by atoms with Crippen molar-refractivity contribution in [2.45, 2.75) is 18.9 Å². The third-order valence-electron chi connectivity index (χ3n) is 2.40. The van der Waals surface area contributed by atoms with Gasteiger partial charge in [0.15, 0.2) is 0 Å². The first-order chi connectivity index (χ1) is 9.03. The monoisotopic (exact) mass is 289 g/mol. The number of rotatable bonds is 5. The third kappa shape index (κ3) is 3.80. The number of halogens is 3. The molecule has 0 N–H and O–H groups in total. The number of alkyl halides is 3. The van der Waals surface area contributed by atoms with E-state index in [0.717, 1.165) is 0 Å². The van der Waals surface area contributed by atoms with Gasteiger partial charge in [-0.2, -0.15) is 14.0 Å². The molecule has 0 aliphatic carbocycles. The Bertz CT molecular complexity index is 514. The number of ether oxygens (including phenoxy) is 2. The summed E-state index contributed by atoms with van der Waals surface area (Å²) in [5, 5.41) is 9.01. The fourth-order valence-electron chi connectivity index (χ4n) is 1.53. The van der Waals surface area contributed by atoms with Gasteiger partial charge in [0, 0.05) is 5.88 Å². The molecule has 102 valence electrons. The van der Waals surface area contributed by atoms with Crippen LogP contribution < -0.4 is 4.74 Å². The van der Waals surface area contributed by atoms with Crippen LogP contribution in [0.1, 0.15) is 16.7 Å². The number of carbonyl (C=O) groups is 1. The standard InChI is InChI=1S/C12H10ClF2NO3/c1-18-11(17)4-7-2-3-10(19-12(14)15)9(6-16)8(7)5-13/h2-3,12H,4-5H2,1H3. The van der Waals surface area contributed by atoms with E-state index in [-0.39, 0.29) is 29.2 Å². The molecule has 0 saturated carbocycles. The predicted molar refractivity (Wildman–Crippen MR) is 63.1 cm³/mol. The summed E-state index contributed by atoms with van der Waals surface area (Å²) in [7, 11) is 1.22. The second-order valence-corrected chi connectivity index (χ2v) is 3.72. The maximum atomic E-state index is 12.2. The first kappa shape index (κ1) is 15.2. The van der Waals surface area contributed by atoms with Crippen molar-refractivity contribution in [1.29, 1.82) is 5.26 Å². The van der Waals surface area contributed by atoms with Crippen LogP contribution in [0.4, 0.5) is 8.78 Å². The SMILES string of the molecule is COC(=O)Cc1ccc(OC(F)F)c(C#N)c1CCl. The van der Waals surface area contributed by atoms with Gasteiger partial charge in [0.2, 0.25) is 0 Å². The number of methoxy groups -OCH3 is 1. The van der Waals surface area contributed by atoms with Gasteiger partial charge in [0.25, 0.3) is 0 Å². The van der Waals surface area contributed by atoms with Crippen molar-refractivity contribution < 1.29 is 23.0 Å². The molecule has 1 aromatic carbocycles. The smallest absolute Gasteiger partial charge is 0.387 e. The van der Waals surface area contributed by atoms with E-state index < -0.39 is 12.6 Å². The Labute approximate surface area is 113 Å². The lowest BCUT2D eigenvalue weighted by atomic mass is 9.99. The zero-order chi connectivity index (χ0) is 14.4. The molecule has 1 aromatic rings. The molecule has 1 rings (SSSR count). The molecule has 7 heteroatoms. The Balaban J connectivity index is 3.23. The Morgan fingerprint density at radius 3 is 2.68 bits per heavy atom. The lowest BCUT2D eigenvalue weighted by Crippen LogP contribution is -2.10. The van der Waals surface area contributed by atoms with Crippen LogP contribution in [0.3, 0.4) is 0 Å². The highest BCUT2D eigenvalue weighted by atomic mass is 35.5. The van der Waals surface area contributed by atoms with Gasteiger partial charge in [0.05, 0.1) is 19.1 Å². The highest BCUT2D eigenvalue weighted by molar-refractivity contribution is 6.17. The molecule has 0 aliphatic heterocycles. The van der Waals surface area contributed by atoms with E-state index >= 15 is 0 Å². The van der Waals surface area contributed by atoms with Gasteiger partial charge in [-0.15, -0.1) is 11.6 Å². The first-order valence-electron chi connectivity index (χ1n) is 5.15. The highest BCUT2D eigenvalue weighted by Gasteiger charge is 2.18. The molecule has 0 aliphatic rings.